The minimum absolute atomic E-state index is 0.0698. The van der Waals surface area contributed by atoms with Crippen LogP contribution >= 0.6 is 0 Å². The first kappa shape index (κ1) is 19.1. The molecule has 2 heterocycles. The van der Waals surface area contributed by atoms with Crippen LogP contribution in [0.15, 0.2) is 54.7 Å². The monoisotopic (exact) mass is 397 g/mol. The molecule has 29 heavy (non-hydrogen) atoms. The maximum atomic E-state index is 14.0. The molecule has 0 unspecified atom stereocenters. The minimum Gasteiger partial charge on any atom is -0.338 e. The Balaban J connectivity index is 1.56. The van der Waals surface area contributed by atoms with Gasteiger partial charge in [0.05, 0.1) is 5.56 Å². The molecule has 4 nitrogen and oxygen atoms in total. The molecule has 1 saturated heterocycles. The Morgan fingerprint density at radius 2 is 1.86 bits per heavy atom. The summed E-state index contributed by atoms with van der Waals surface area (Å²) in [4.78, 5) is 23.0. The normalized spacial score (nSPS) is 16.7. The summed E-state index contributed by atoms with van der Waals surface area (Å²) in [5.74, 6) is -1.97. The van der Waals surface area contributed by atoms with Crippen molar-refractivity contribution in [3.8, 4) is 11.4 Å². The van der Waals surface area contributed by atoms with Crippen molar-refractivity contribution in [3.05, 3.63) is 83.4 Å². The molecule has 1 atom stereocenters. The highest BCUT2D eigenvalue weighted by atomic mass is 19.1. The number of hydrogen-bond acceptors (Lipinski definition) is 3. The van der Waals surface area contributed by atoms with Gasteiger partial charge in [-0.1, -0.05) is 12.1 Å². The number of halogens is 3. The zero-order chi connectivity index (χ0) is 20.4. The third kappa shape index (κ3) is 4.13. The van der Waals surface area contributed by atoms with Crippen LogP contribution in [0.4, 0.5) is 13.2 Å². The van der Waals surface area contributed by atoms with Crippen LogP contribution in [0.2, 0.25) is 0 Å². The van der Waals surface area contributed by atoms with Crippen LogP contribution in [0.3, 0.4) is 0 Å². The van der Waals surface area contributed by atoms with Crippen molar-refractivity contribution in [3.63, 3.8) is 0 Å². The number of aromatic nitrogens is 2. The van der Waals surface area contributed by atoms with Crippen molar-refractivity contribution < 1.29 is 18.0 Å². The molecule has 1 aliphatic heterocycles. The third-order valence-electron chi connectivity index (χ3n) is 5.05. The summed E-state index contributed by atoms with van der Waals surface area (Å²) in [7, 11) is 0. The van der Waals surface area contributed by atoms with E-state index in [4.69, 9.17) is 0 Å². The topological polar surface area (TPSA) is 46.1 Å². The predicted molar refractivity (Wildman–Crippen MR) is 102 cm³/mol. The first-order chi connectivity index (χ1) is 14.0. The molecule has 4 rings (SSSR count). The molecule has 148 valence electrons. The molecular weight excluding hydrogens is 379 g/mol. The van der Waals surface area contributed by atoms with E-state index in [0.29, 0.717) is 30.9 Å². The van der Waals surface area contributed by atoms with Crippen LogP contribution in [0, 0.1) is 17.5 Å². The number of amides is 1. The fourth-order valence-corrected chi connectivity index (χ4v) is 3.60. The van der Waals surface area contributed by atoms with Crippen molar-refractivity contribution in [1.29, 1.82) is 0 Å². The van der Waals surface area contributed by atoms with E-state index >= 15 is 0 Å². The smallest absolute Gasteiger partial charge is 0.256 e. The average Bonchev–Trinajstić information content (AvgIpc) is 2.75. The Morgan fingerprint density at radius 1 is 1.03 bits per heavy atom. The Kier molecular flexibility index (Phi) is 5.29. The van der Waals surface area contributed by atoms with E-state index in [1.54, 1.807) is 24.4 Å². The Hall–Kier alpha value is -3.22. The SMILES string of the molecule is O=C(c1cc(F)ccc1F)N1CCC[C@H](c2ccnc(-c3cccc(F)c3)n2)C1. The highest BCUT2D eigenvalue weighted by molar-refractivity contribution is 5.94. The number of piperidine rings is 1. The molecule has 0 saturated carbocycles. The molecule has 0 N–H and O–H groups in total. The fraction of sp³-hybridized carbons (Fsp3) is 0.227. The van der Waals surface area contributed by atoms with Gasteiger partial charge in [0.2, 0.25) is 0 Å². The van der Waals surface area contributed by atoms with Crippen LogP contribution in [0.25, 0.3) is 11.4 Å². The number of benzene rings is 2. The van der Waals surface area contributed by atoms with Crippen molar-refractivity contribution in [1.82, 2.24) is 14.9 Å². The molecule has 2 aromatic carbocycles. The van der Waals surface area contributed by atoms with Crippen molar-refractivity contribution in [2.45, 2.75) is 18.8 Å². The van der Waals surface area contributed by atoms with E-state index in [0.717, 1.165) is 30.3 Å². The summed E-state index contributed by atoms with van der Waals surface area (Å²) < 4.78 is 41.0. The van der Waals surface area contributed by atoms with Gasteiger partial charge in [0, 0.05) is 36.5 Å². The lowest BCUT2D eigenvalue weighted by Crippen LogP contribution is -2.39. The van der Waals surface area contributed by atoms with Gasteiger partial charge >= 0.3 is 0 Å². The number of likely N-dealkylation sites (tertiary alicyclic amines) is 1. The molecular formula is C22H18F3N3O. The molecule has 0 radical (unpaired) electrons. The highest BCUT2D eigenvalue weighted by Gasteiger charge is 2.28. The second kappa shape index (κ2) is 8.03. The van der Waals surface area contributed by atoms with Crippen molar-refractivity contribution >= 4 is 5.91 Å². The maximum absolute atomic E-state index is 14.0. The summed E-state index contributed by atoms with van der Waals surface area (Å²) in [5.41, 5.74) is 1.03. The van der Waals surface area contributed by atoms with Crippen LogP contribution in [0.1, 0.15) is 34.8 Å². The van der Waals surface area contributed by atoms with E-state index in [9.17, 15) is 18.0 Å². The summed E-state index contributed by atoms with van der Waals surface area (Å²) in [6.07, 6.45) is 3.12. The molecule has 3 aromatic rings. The lowest BCUT2D eigenvalue weighted by atomic mass is 9.94. The highest BCUT2D eigenvalue weighted by Crippen LogP contribution is 2.28. The van der Waals surface area contributed by atoms with Gasteiger partial charge in [0.1, 0.15) is 17.5 Å². The van der Waals surface area contributed by atoms with Gasteiger partial charge in [-0.3, -0.25) is 4.79 Å². The predicted octanol–water partition coefficient (Wildman–Crippen LogP) is 4.58. The summed E-state index contributed by atoms with van der Waals surface area (Å²) in [6, 6.07) is 10.7. The molecule has 0 aliphatic carbocycles. The van der Waals surface area contributed by atoms with Gasteiger partial charge in [-0.25, -0.2) is 23.1 Å². The number of carbonyl (C=O) groups excluding carboxylic acids is 1. The van der Waals surface area contributed by atoms with E-state index in [2.05, 4.69) is 9.97 Å². The Morgan fingerprint density at radius 3 is 2.69 bits per heavy atom. The average molecular weight is 397 g/mol. The number of carbonyl (C=O) groups is 1. The third-order valence-corrected chi connectivity index (χ3v) is 5.05. The van der Waals surface area contributed by atoms with Gasteiger partial charge in [0.15, 0.2) is 5.82 Å². The standard InChI is InChI=1S/C22H18F3N3O/c23-16-5-1-3-14(11-16)21-26-9-8-20(27-21)15-4-2-10-28(13-15)22(29)18-12-17(24)6-7-19(18)25/h1,3,5-9,11-12,15H,2,4,10,13H2/t15-/m0/s1. The molecule has 1 fully saturated rings. The number of nitrogens with zero attached hydrogens (tertiary/aromatic N) is 3. The number of hydrogen-bond donors (Lipinski definition) is 0. The Bertz CT molecular complexity index is 1060. The lowest BCUT2D eigenvalue weighted by Gasteiger charge is -2.32. The van der Waals surface area contributed by atoms with E-state index in [1.165, 1.54) is 17.0 Å². The van der Waals surface area contributed by atoms with Crippen LogP contribution in [0.5, 0.6) is 0 Å². The summed E-state index contributed by atoms with van der Waals surface area (Å²) in [6.45, 7) is 0.807. The van der Waals surface area contributed by atoms with E-state index in [-0.39, 0.29) is 17.3 Å². The van der Waals surface area contributed by atoms with Gasteiger partial charge in [-0.05, 0) is 49.2 Å². The van der Waals surface area contributed by atoms with Gasteiger partial charge in [0.25, 0.3) is 5.91 Å². The molecule has 0 spiro atoms. The molecule has 1 amide bonds. The van der Waals surface area contributed by atoms with Crippen LogP contribution in [-0.4, -0.2) is 33.9 Å². The van der Waals surface area contributed by atoms with E-state index < -0.39 is 17.5 Å². The zero-order valence-electron chi connectivity index (χ0n) is 15.5. The van der Waals surface area contributed by atoms with Crippen LogP contribution in [-0.2, 0) is 0 Å². The molecule has 1 aromatic heterocycles. The first-order valence-electron chi connectivity index (χ1n) is 9.34. The second-order valence-electron chi connectivity index (χ2n) is 7.03. The maximum Gasteiger partial charge on any atom is 0.256 e. The fourth-order valence-electron chi connectivity index (χ4n) is 3.60. The summed E-state index contributed by atoms with van der Waals surface area (Å²) >= 11 is 0. The zero-order valence-corrected chi connectivity index (χ0v) is 15.5. The number of rotatable bonds is 3. The minimum atomic E-state index is -0.742. The van der Waals surface area contributed by atoms with Gasteiger partial charge in [-0.15, -0.1) is 0 Å². The second-order valence-corrected chi connectivity index (χ2v) is 7.03. The molecule has 1 aliphatic rings. The van der Waals surface area contributed by atoms with Crippen molar-refractivity contribution in [2.24, 2.45) is 0 Å². The molecule has 0 bridgehead atoms. The largest absolute Gasteiger partial charge is 0.338 e. The van der Waals surface area contributed by atoms with Gasteiger partial charge < -0.3 is 4.90 Å². The van der Waals surface area contributed by atoms with E-state index in [1.807, 2.05) is 0 Å². The van der Waals surface area contributed by atoms with Crippen molar-refractivity contribution in [2.75, 3.05) is 13.1 Å². The Labute approximate surface area is 166 Å². The molecule has 7 heteroatoms. The van der Waals surface area contributed by atoms with Gasteiger partial charge in [-0.2, -0.15) is 0 Å². The summed E-state index contributed by atoms with van der Waals surface area (Å²) in [5, 5.41) is 0. The lowest BCUT2D eigenvalue weighted by molar-refractivity contribution is 0.0700. The van der Waals surface area contributed by atoms with Crippen LogP contribution < -0.4 is 0 Å². The first-order valence-corrected chi connectivity index (χ1v) is 9.34. The quantitative estimate of drug-likeness (QED) is 0.650.